The van der Waals surface area contributed by atoms with E-state index in [4.69, 9.17) is 14.6 Å². The molecule has 0 bridgehead atoms. The number of likely N-dealkylation sites (N-methyl/N-ethyl adjacent to an activating group) is 1. The van der Waals surface area contributed by atoms with Crippen molar-refractivity contribution in [2.24, 2.45) is 0 Å². The first-order valence-corrected chi connectivity index (χ1v) is 7.78. The molecule has 0 heterocycles. The lowest BCUT2D eigenvalue weighted by molar-refractivity contribution is -0.142. The van der Waals surface area contributed by atoms with Crippen LogP contribution in [0.2, 0.25) is 0 Å². The second-order valence-corrected chi connectivity index (χ2v) is 5.69. The third-order valence-corrected chi connectivity index (χ3v) is 3.92. The van der Waals surface area contributed by atoms with E-state index in [2.05, 4.69) is 0 Å². The molecular weight excluding hydrogens is 306 g/mol. The van der Waals surface area contributed by atoms with Gasteiger partial charge in [0.15, 0.2) is 11.5 Å². The first-order valence-electron chi connectivity index (χ1n) is 7.78. The van der Waals surface area contributed by atoms with Gasteiger partial charge >= 0.3 is 5.97 Å². The van der Waals surface area contributed by atoms with Crippen molar-refractivity contribution in [1.82, 2.24) is 4.90 Å². The molecule has 2 aromatic carbocycles. The molecule has 2 aromatic rings. The Kier molecular flexibility index (Phi) is 6.21. The third-order valence-electron chi connectivity index (χ3n) is 3.92. The first kappa shape index (κ1) is 17.8. The van der Waals surface area contributed by atoms with Crippen molar-refractivity contribution < 1.29 is 19.4 Å². The Morgan fingerprint density at radius 1 is 1.12 bits per heavy atom. The second-order valence-electron chi connectivity index (χ2n) is 5.69. The zero-order valence-corrected chi connectivity index (χ0v) is 14.2. The monoisotopic (exact) mass is 329 g/mol. The molecule has 1 N–H and O–H groups in total. The van der Waals surface area contributed by atoms with Gasteiger partial charge in [0.2, 0.25) is 0 Å². The number of carboxylic acid groups (broad SMARTS) is 1. The maximum atomic E-state index is 11.1. The molecule has 0 radical (unpaired) electrons. The molecule has 0 fully saturated rings. The van der Waals surface area contributed by atoms with Crippen LogP contribution in [-0.4, -0.2) is 36.2 Å². The van der Waals surface area contributed by atoms with Gasteiger partial charge in [0.05, 0.1) is 7.11 Å². The van der Waals surface area contributed by atoms with Crippen molar-refractivity contribution in [2.45, 2.75) is 26.1 Å². The zero-order chi connectivity index (χ0) is 17.5. The van der Waals surface area contributed by atoms with Crippen LogP contribution in [0.1, 0.15) is 18.1 Å². The summed E-state index contributed by atoms with van der Waals surface area (Å²) in [5.41, 5.74) is 2.04. The second kappa shape index (κ2) is 8.36. The number of nitrogens with zero attached hydrogens (tertiary/aromatic N) is 1. The fourth-order valence-electron chi connectivity index (χ4n) is 2.28. The van der Waals surface area contributed by atoms with Gasteiger partial charge < -0.3 is 14.6 Å². The predicted molar refractivity (Wildman–Crippen MR) is 92.3 cm³/mol. The highest BCUT2D eigenvalue weighted by molar-refractivity contribution is 5.72. The number of aliphatic carboxylic acids is 1. The standard InChI is InChI=1S/C19H23NO4/c1-14(19(21)22)20(2)12-16-9-10-17(23-3)18(11-16)24-13-15-7-5-4-6-8-15/h4-11,14H,12-13H2,1-3H3,(H,21,22). The van der Waals surface area contributed by atoms with E-state index in [-0.39, 0.29) is 0 Å². The van der Waals surface area contributed by atoms with Gasteiger partial charge in [-0.1, -0.05) is 36.4 Å². The van der Waals surface area contributed by atoms with Gasteiger partial charge in [-0.3, -0.25) is 9.69 Å². The summed E-state index contributed by atoms with van der Waals surface area (Å²) in [6.07, 6.45) is 0. The molecule has 0 amide bonds. The summed E-state index contributed by atoms with van der Waals surface area (Å²) in [6, 6.07) is 15.0. The van der Waals surface area contributed by atoms with Crippen LogP contribution in [-0.2, 0) is 17.9 Å². The lowest BCUT2D eigenvalue weighted by Crippen LogP contribution is -2.35. The molecule has 0 aliphatic carbocycles. The lowest BCUT2D eigenvalue weighted by Gasteiger charge is -2.21. The van der Waals surface area contributed by atoms with E-state index in [1.165, 1.54) is 0 Å². The molecule has 0 saturated carbocycles. The van der Waals surface area contributed by atoms with E-state index in [9.17, 15) is 4.79 Å². The summed E-state index contributed by atoms with van der Waals surface area (Å²) in [4.78, 5) is 12.8. The molecule has 5 heteroatoms. The van der Waals surface area contributed by atoms with Crippen LogP contribution in [0.4, 0.5) is 0 Å². The van der Waals surface area contributed by atoms with Crippen molar-refractivity contribution in [2.75, 3.05) is 14.2 Å². The van der Waals surface area contributed by atoms with Crippen molar-refractivity contribution >= 4 is 5.97 Å². The SMILES string of the molecule is COc1ccc(CN(C)C(C)C(=O)O)cc1OCc1ccccc1. The van der Waals surface area contributed by atoms with Gasteiger partial charge in [-0.05, 0) is 37.2 Å². The molecular formula is C19H23NO4. The zero-order valence-electron chi connectivity index (χ0n) is 14.2. The molecule has 24 heavy (non-hydrogen) atoms. The number of methoxy groups -OCH3 is 1. The molecule has 1 unspecified atom stereocenters. The quantitative estimate of drug-likeness (QED) is 0.806. The van der Waals surface area contributed by atoms with Gasteiger partial charge in [-0.25, -0.2) is 0 Å². The van der Waals surface area contributed by atoms with Gasteiger partial charge in [-0.15, -0.1) is 0 Å². The molecule has 0 aliphatic heterocycles. The Morgan fingerprint density at radius 2 is 1.83 bits per heavy atom. The van der Waals surface area contributed by atoms with E-state index in [0.29, 0.717) is 24.7 Å². The van der Waals surface area contributed by atoms with E-state index < -0.39 is 12.0 Å². The van der Waals surface area contributed by atoms with Gasteiger partial charge in [0.1, 0.15) is 12.6 Å². The van der Waals surface area contributed by atoms with Crippen LogP contribution in [0.15, 0.2) is 48.5 Å². The summed E-state index contributed by atoms with van der Waals surface area (Å²) in [7, 11) is 3.39. The lowest BCUT2D eigenvalue weighted by atomic mass is 10.1. The number of hydrogen-bond acceptors (Lipinski definition) is 4. The van der Waals surface area contributed by atoms with Crippen LogP contribution >= 0.6 is 0 Å². The predicted octanol–water partition coefficient (Wildman–Crippen LogP) is 3.18. The molecule has 2 rings (SSSR count). The van der Waals surface area contributed by atoms with Crippen molar-refractivity contribution in [1.29, 1.82) is 0 Å². The highest BCUT2D eigenvalue weighted by Crippen LogP contribution is 2.29. The largest absolute Gasteiger partial charge is 0.493 e. The van der Waals surface area contributed by atoms with E-state index in [0.717, 1.165) is 11.1 Å². The van der Waals surface area contributed by atoms with Crippen LogP contribution in [0, 0.1) is 0 Å². The summed E-state index contributed by atoms with van der Waals surface area (Å²) < 4.78 is 11.2. The maximum absolute atomic E-state index is 11.1. The number of carbonyl (C=O) groups is 1. The fourth-order valence-corrected chi connectivity index (χ4v) is 2.28. The number of ether oxygens (including phenoxy) is 2. The highest BCUT2D eigenvalue weighted by atomic mass is 16.5. The van der Waals surface area contributed by atoms with Crippen LogP contribution in [0.25, 0.3) is 0 Å². The van der Waals surface area contributed by atoms with Crippen molar-refractivity contribution in [3.05, 3.63) is 59.7 Å². The number of benzene rings is 2. The van der Waals surface area contributed by atoms with Crippen LogP contribution in [0.3, 0.4) is 0 Å². The van der Waals surface area contributed by atoms with Gasteiger partial charge in [0.25, 0.3) is 0 Å². The minimum atomic E-state index is -0.841. The van der Waals surface area contributed by atoms with Crippen molar-refractivity contribution in [3.8, 4) is 11.5 Å². The first-order chi connectivity index (χ1) is 11.5. The highest BCUT2D eigenvalue weighted by Gasteiger charge is 2.17. The van der Waals surface area contributed by atoms with E-state index >= 15 is 0 Å². The summed E-state index contributed by atoms with van der Waals surface area (Å²) >= 11 is 0. The average molecular weight is 329 g/mol. The Balaban J connectivity index is 2.10. The third kappa shape index (κ3) is 4.73. The summed E-state index contributed by atoms with van der Waals surface area (Å²) in [6.45, 7) is 2.62. The summed E-state index contributed by atoms with van der Waals surface area (Å²) in [5, 5.41) is 9.09. The Morgan fingerprint density at radius 3 is 2.46 bits per heavy atom. The van der Waals surface area contributed by atoms with Gasteiger partial charge in [0, 0.05) is 6.54 Å². The Bertz CT molecular complexity index is 672. The number of hydrogen-bond donors (Lipinski definition) is 1. The maximum Gasteiger partial charge on any atom is 0.320 e. The smallest absolute Gasteiger partial charge is 0.320 e. The molecule has 0 aromatic heterocycles. The number of carboxylic acids is 1. The van der Waals surface area contributed by atoms with Crippen LogP contribution < -0.4 is 9.47 Å². The molecule has 5 nitrogen and oxygen atoms in total. The minimum absolute atomic E-state index is 0.446. The minimum Gasteiger partial charge on any atom is -0.493 e. The molecule has 128 valence electrons. The fraction of sp³-hybridized carbons (Fsp3) is 0.316. The molecule has 0 saturated heterocycles. The topological polar surface area (TPSA) is 59.0 Å². The summed E-state index contributed by atoms with van der Waals surface area (Å²) in [5.74, 6) is 0.463. The average Bonchev–Trinajstić information content (AvgIpc) is 2.60. The Hall–Kier alpha value is -2.53. The number of rotatable bonds is 8. The normalized spacial score (nSPS) is 12.0. The molecule has 0 spiro atoms. The Labute approximate surface area is 142 Å². The van der Waals surface area contributed by atoms with E-state index in [1.54, 1.807) is 26.0 Å². The molecule has 1 atom stereocenters. The van der Waals surface area contributed by atoms with E-state index in [1.807, 2.05) is 48.5 Å². The van der Waals surface area contributed by atoms with Gasteiger partial charge in [-0.2, -0.15) is 0 Å². The molecule has 0 aliphatic rings. The van der Waals surface area contributed by atoms with Crippen molar-refractivity contribution in [3.63, 3.8) is 0 Å². The van der Waals surface area contributed by atoms with Crippen LogP contribution in [0.5, 0.6) is 11.5 Å².